The van der Waals surface area contributed by atoms with E-state index < -0.39 is 6.10 Å². The minimum Gasteiger partial charge on any atom is -0.387 e. The van der Waals surface area contributed by atoms with E-state index in [-0.39, 0.29) is 0 Å². The number of hydrogen-bond donors (Lipinski definition) is 2. The Hall–Kier alpha value is -1.98. The number of thiophene rings is 1. The quantitative estimate of drug-likeness (QED) is 0.755. The van der Waals surface area contributed by atoms with Crippen LogP contribution >= 0.6 is 11.3 Å². The molecule has 4 nitrogen and oxygen atoms in total. The molecule has 0 aliphatic heterocycles. The molecule has 5 heteroatoms. The Kier molecular flexibility index (Phi) is 4.21. The standard InChI is InChI=1S/C19H21N3OS/c1-12-7-8-14-16(9-12)24-19-17(14)18(21-11-22-19)20-10-15(23)13-5-3-2-4-6-13/h2-6,11-12,15,23H,7-10H2,1H3,(H,20,21,22)/t12-,15+/m1/s1. The summed E-state index contributed by atoms with van der Waals surface area (Å²) in [5.74, 6) is 1.59. The molecule has 0 fully saturated rings. The molecule has 2 atom stereocenters. The zero-order valence-electron chi connectivity index (χ0n) is 13.7. The molecule has 124 valence electrons. The van der Waals surface area contributed by atoms with Crippen LogP contribution in [0.4, 0.5) is 5.82 Å². The highest BCUT2D eigenvalue weighted by atomic mass is 32.1. The Bertz CT molecular complexity index is 846. The third-order valence-corrected chi connectivity index (χ3v) is 5.90. The molecule has 4 rings (SSSR count). The average Bonchev–Trinajstić information content (AvgIpc) is 2.98. The molecule has 2 aromatic heterocycles. The maximum absolute atomic E-state index is 10.4. The topological polar surface area (TPSA) is 58.0 Å². The summed E-state index contributed by atoms with van der Waals surface area (Å²) in [5.41, 5.74) is 2.32. The van der Waals surface area contributed by atoms with Gasteiger partial charge in [-0.25, -0.2) is 9.97 Å². The lowest BCUT2D eigenvalue weighted by Gasteiger charge is -2.18. The molecular weight excluding hydrogens is 318 g/mol. The zero-order chi connectivity index (χ0) is 16.5. The fourth-order valence-corrected chi connectivity index (χ4v) is 4.75. The van der Waals surface area contributed by atoms with E-state index in [1.807, 2.05) is 30.3 Å². The number of aliphatic hydroxyl groups excluding tert-OH is 1. The first-order valence-electron chi connectivity index (χ1n) is 8.44. The number of aromatic nitrogens is 2. The SMILES string of the molecule is C[C@@H]1CCc2c(sc3ncnc(NC[C@H](O)c4ccccc4)c23)C1. The number of fused-ring (bicyclic) bond motifs is 3. The van der Waals surface area contributed by atoms with Crippen LogP contribution in [0.2, 0.25) is 0 Å². The smallest absolute Gasteiger partial charge is 0.138 e. The van der Waals surface area contributed by atoms with E-state index in [0.717, 1.165) is 40.4 Å². The minimum absolute atomic E-state index is 0.442. The van der Waals surface area contributed by atoms with Crippen LogP contribution in [0.5, 0.6) is 0 Å². The summed E-state index contributed by atoms with van der Waals surface area (Å²) < 4.78 is 0. The first kappa shape index (κ1) is 15.5. The lowest BCUT2D eigenvalue weighted by Crippen LogP contribution is -2.14. The van der Waals surface area contributed by atoms with Gasteiger partial charge in [0.2, 0.25) is 0 Å². The number of anilines is 1. The van der Waals surface area contributed by atoms with E-state index in [1.54, 1.807) is 17.7 Å². The Morgan fingerprint density at radius 1 is 1.29 bits per heavy atom. The van der Waals surface area contributed by atoms with Crippen LogP contribution in [0, 0.1) is 5.92 Å². The first-order valence-corrected chi connectivity index (χ1v) is 9.26. The molecular formula is C19H21N3OS. The van der Waals surface area contributed by atoms with E-state index in [0.29, 0.717) is 6.54 Å². The van der Waals surface area contributed by atoms with Gasteiger partial charge in [0.25, 0.3) is 0 Å². The van der Waals surface area contributed by atoms with Gasteiger partial charge in [-0.2, -0.15) is 0 Å². The third kappa shape index (κ3) is 2.89. The highest BCUT2D eigenvalue weighted by Gasteiger charge is 2.23. The van der Waals surface area contributed by atoms with Crippen molar-refractivity contribution in [3.8, 4) is 0 Å². The van der Waals surface area contributed by atoms with Crippen LogP contribution < -0.4 is 5.32 Å². The van der Waals surface area contributed by atoms with Gasteiger partial charge in [-0.1, -0.05) is 37.3 Å². The van der Waals surface area contributed by atoms with Crippen molar-refractivity contribution in [2.24, 2.45) is 5.92 Å². The van der Waals surface area contributed by atoms with Crippen molar-refractivity contribution in [2.75, 3.05) is 11.9 Å². The van der Waals surface area contributed by atoms with Crippen molar-refractivity contribution in [3.05, 3.63) is 52.7 Å². The zero-order valence-corrected chi connectivity index (χ0v) is 14.5. The van der Waals surface area contributed by atoms with Crippen molar-refractivity contribution >= 4 is 27.4 Å². The van der Waals surface area contributed by atoms with E-state index in [1.165, 1.54) is 16.9 Å². The normalized spacial score (nSPS) is 18.3. The van der Waals surface area contributed by atoms with E-state index in [9.17, 15) is 5.11 Å². The number of nitrogens with zero attached hydrogens (tertiary/aromatic N) is 2. The molecule has 0 saturated heterocycles. The van der Waals surface area contributed by atoms with Crippen molar-refractivity contribution in [2.45, 2.75) is 32.3 Å². The summed E-state index contributed by atoms with van der Waals surface area (Å²) in [5, 5.41) is 14.9. The highest BCUT2D eigenvalue weighted by molar-refractivity contribution is 7.19. The molecule has 2 N–H and O–H groups in total. The van der Waals surface area contributed by atoms with Gasteiger partial charge in [-0.3, -0.25) is 0 Å². The van der Waals surface area contributed by atoms with Crippen molar-refractivity contribution < 1.29 is 5.11 Å². The maximum Gasteiger partial charge on any atom is 0.138 e. The van der Waals surface area contributed by atoms with E-state index in [2.05, 4.69) is 22.2 Å². The maximum atomic E-state index is 10.4. The Morgan fingerprint density at radius 2 is 2.12 bits per heavy atom. The number of hydrogen-bond acceptors (Lipinski definition) is 5. The molecule has 3 aromatic rings. The average molecular weight is 339 g/mol. The Labute approximate surface area is 145 Å². The van der Waals surface area contributed by atoms with Crippen LogP contribution in [0.1, 0.15) is 35.5 Å². The van der Waals surface area contributed by atoms with Crippen LogP contribution in [-0.4, -0.2) is 21.6 Å². The van der Waals surface area contributed by atoms with Crippen LogP contribution in [0.15, 0.2) is 36.7 Å². The molecule has 24 heavy (non-hydrogen) atoms. The molecule has 0 bridgehead atoms. The van der Waals surface area contributed by atoms with Gasteiger partial charge < -0.3 is 10.4 Å². The molecule has 0 spiro atoms. The molecule has 0 unspecified atom stereocenters. The molecule has 0 amide bonds. The third-order valence-electron chi connectivity index (χ3n) is 4.74. The largest absolute Gasteiger partial charge is 0.387 e. The monoisotopic (exact) mass is 339 g/mol. The number of aryl methyl sites for hydroxylation is 1. The van der Waals surface area contributed by atoms with Crippen molar-refractivity contribution in [3.63, 3.8) is 0 Å². The summed E-state index contributed by atoms with van der Waals surface area (Å²) in [4.78, 5) is 11.4. The summed E-state index contributed by atoms with van der Waals surface area (Å²) in [6.07, 6.45) is 4.53. The van der Waals surface area contributed by atoms with Crippen LogP contribution in [0.25, 0.3) is 10.2 Å². The molecule has 1 aromatic carbocycles. The second-order valence-corrected chi connectivity index (χ2v) is 7.65. The first-order chi connectivity index (χ1) is 11.7. The molecule has 2 heterocycles. The highest BCUT2D eigenvalue weighted by Crippen LogP contribution is 2.39. The van der Waals surface area contributed by atoms with Gasteiger partial charge in [0.05, 0.1) is 11.5 Å². The lowest BCUT2D eigenvalue weighted by molar-refractivity contribution is 0.191. The number of benzene rings is 1. The van der Waals surface area contributed by atoms with Gasteiger partial charge in [0, 0.05) is 11.4 Å². The van der Waals surface area contributed by atoms with Crippen molar-refractivity contribution in [1.82, 2.24) is 9.97 Å². The summed E-state index contributed by atoms with van der Waals surface area (Å²) in [6, 6.07) is 9.72. The lowest BCUT2D eigenvalue weighted by atomic mass is 9.89. The fourth-order valence-electron chi connectivity index (χ4n) is 3.40. The summed E-state index contributed by atoms with van der Waals surface area (Å²) in [7, 11) is 0. The van der Waals surface area contributed by atoms with Crippen LogP contribution in [-0.2, 0) is 12.8 Å². The second-order valence-electron chi connectivity index (χ2n) is 6.56. The van der Waals surface area contributed by atoms with Gasteiger partial charge in [-0.15, -0.1) is 11.3 Å². The van der Waals surface area contributed by atoms with E-state index in [4.69, 9.17) is 0 Å². The van der Waals surface area contributed by atoms with E-state index >= 15 is 0 Å². The molecule has 1 aliphatic rings. The molecule has 0 radical (unpaired) electrons. The van der Waals surface area contributed by atoms with Gasteiger partial charge in [0.1, 0.15) is 17.0 Å². The number of aliphatic hydroxyl groups is 1. The second kappa shape index (κ2) is 6.49. The summed E-state index contributed by atoms with van der Waals surface area (Å²) >= 11 is 1.79. The summed E-state index contributed by atoms with van der Waals surface area (Å²) in [6.45, 7) is 2.76. The fraction of sp³-hybridized carbons (Fsp3) is 0.368. The van der Waals surface area contributed by atoms with Crippen molar-refractivity contribution in [1.29, 1.82) is 0 Å². The Balaban J connectivity index is 1.60. The Morgan fingerprint density at radius 3 is 2.96 bits per heavy atom. The minimum atomic E-state index is -0.550. The van der Waals surface area contributed by atoms with Gasteiger partial charge in [0.15, 0.2) is 0 Å². The predicted octanol–water partition coefficient (Wildman–Crippen LogP) is 3.96. The van der Waals surface area contributed by atoms with Gasteiger partial charge in [-0.05, 0) is 36.3 Å². The molecule has 1 aliphatic carbocycles. The molecule has 0 saturated carbocycles. The van der Waals surface area contributed by atoms with Crippen LogP contribution in [0.3, 0.4) is 0 Å². The predicted molar refractivity (Wildman–Crippen MR) is 98.5 cm³/mol. The number of nitrogens with one attached hydrogen (secondary N) is 1. The number of rotatable bonds is 4. The van der Waals surface area contributed by atoms with Gasteiger partial charge >= 0.3 is 0 Å².